The van der Waals surface area contributed by atoms with E-state index in [0.29, 0.717) is 6.04 Å². The number of nitrogens with one attached hydrogen (secondary N) is 1. The first-order valence-electron chi connectivity index (χ1n) is 9.03. The molecule has 1 saturated carbocycles. The molecular weight excluding hydrogens is 314 g/mol. The minimum atomic E-state index is 0.00677. The minimum absolute atomic E-state index is 0.00677. The van der Waals surface area contributed by atoms with Crippen LogP contribution >= 0.6 is 0 Å². The van der Waals surface area contributed by atoms with E-state index in [-0.39, 0.29) is 12.1 Å². The topological polar surface area (TPSA) is 63.1 Å². The lowest BCUT2D eigenvalue weighted by Gasteiger charge is -2.31. The SMILES string of the molecule is CC1CCC(NC(=O)N(C)C(C)c2ccc(-n3cncn3)cc2)CC1. The summed E-state index contributed by atoms with van der Waals surface area (Å²) in [4.78, 5) is 18.3. The quantitative estimate of drug-likeness (QED) is 0.925. The van der Waals surface area contributed by atoms with Gasteiger partial charge in [-0.3, -0.25) is 0 Å². The van der Waals surface area contributed by atoms with Gasteiger partial charge in [-0.15, -0.1) is 0 Å². The molecule has 6 heteroatoms. The first-order chi connectivity index (χ1) is 12.0. The Kier molecular flexibility index (Phi) is 5.36. The van der Waals surface area contributed by atoms with Gasteiger partial charge >= 0.3 is 6.03 Å². The molecule has 1 aliphatic rings. The van der Waals surface area contributed by atoms with Crippen LogP contribution in [0.4, 0.5) is 4.79 Å². The molecule has 25 heavy (non-hydrogen) atoms. The third-order valence-electron chi connectivity index (χ3n) is 5.30. The van der Waals surface area contributed by atoms with Crippen LogP contribution < -0.4 is 5.32 Å². The molecule has 134 valence electrons. The minimum Gasteiger partial charge on any atom is -0.335 e. The van der Waals surface area contributed by atoms with Crippen LogP contribution in [0.2, 0.25) is 0 Å². The van der Waals surface area contributed by atoms with Crippen LogP contribution in [-0.4, -0.2) is 38.8 Å². The van der Waals surface area contributed by atoms with Crippen LogP contribution in [-0.2, 0) is 0 Å². The highest BCUT2D eigenvalue weighted by molar-refractivity contribution is 5.74. The van der Waals surface area contributed by atoms with E-state index < -0.39 is 0 Å². The van der Waals surface area contributed by atoms with E-state index >= 15 is 0 Å². The number of carbonyl (C=O) groups is 1. The fourth-order valence-corrected chi connectivity index (χ4v) is 3.33. The van der Waals surface area contributed by atoms with Crippen molar-refractivity contribution in [2.24, 2.45) is 5.92 Å². The van der Waals surface area contributed by atoms with Crippen LogP contribution in [0.1, 0.15) is 51.1 Å². The van der Waals surface area contributed by atoms with Gasteiger partial charge in [0.2, 0.25) is 0 Å². The fourth-order valence-electron chi connectivity index (χ4n) is 3.33. The zero-order chi connectivity index (χ0) is 17.8. The van der Waals surface area contributed by atoms with Crippen LogP contribution in [0.3, 0.4) is 0 Å². The van der Waals surface area contributed by atoms with Gasteiger partial charge in [-0.1, -0.05) is 19.1 Å². The van der Waals surface area contributed by atoms with Gasteiger partial charge in [-0.05, 0) is 56.2 Å². The van der Waals surface area contributed by atoms with Gasteiger partial charge in [0, 0.05) is 13.1 Å². The van der Waals surface area contributed by atoms with Crippen molar-refractivity contribution in [3.8, 4) is 5.69 Å². The van der Waals surface area contributed by atoms with Gasteiger partial charge in [0.25, 0.3) is 0 Å². The van der Waals surface area contributed by atoms with Gasteiger partial charge in [0.1, 0.15) is 12.7 Å². The molecular formula is C19H27N5O. The summed E-state index contributed by atoms with van der Waals surface area (Å²) in [7, 11) is 1.86. The summed E-state index contributed by atoms with van der Waals surface area (Å²) in [6.45, 7) is 4.34. The number of hydrogen-bond acceptors (Lipinski definition) is 3. The van der Waals surface area contributed by atoms with Crippen molar-refractivity contribution in [1.29, 1.82) is 0 Å². The maximum Gasteiger partial charge on any atom is 0.317 e. The third kappa shape index (κ3) is 4.18. The number of hydrogen-bond donors (Lipinski definition) is 1. The predicted molar refractivity (Wildman–Crippen MR) is 97.5 cm³/mol. The van der Waals surface area contributed by atoms with Crippen molar-refractivity contribution in [2.45, 2.75) is 51.6 Å². The summed E-state index contributed by atoms with van der Waals surface area (Å²) in [5.74, 6) is 0.785. The summed E-state index contributed by atoms with van der Waals surface area (Å²) >= 11 is 0. The molecule has 1 N–H and O–H groups in total. The van der Waals surface area contributed by atoms with E-state index in [9.17, 15) is 4.79 Å². The molecule has 2 amide bonds. The standard InChI is InChI=1S/C19H27N5O/c1-14-4-8-17(9-5-14)22-19(25)23(3)15(2)16-6-10-18(11-7-16)24-13-20-12-21-24/h6-7,10-15,17H,4-5,8-9H2,1-3H3,(H,22,25). The number of benzene rings is 1. The molecule has 1 atom stereocenters. The molecule has 3 rings (SSSR count). The molecule has 0 radical (unpaired) electrons. The van der Waals surface area contributed by atoms with Gasteiger partial charge in [-0.2, -0.15) is 5.10 Å². The van der Waals surface area contributed by atoms with E-state index in [1.807, 2.05) is 38.2 Å². The zero-order valence-corrected chi connectivity index (χ0v) is 15.2. The lowest BCUT2D eigenvalue weighted by atomic mass is 9.87. The van der Waals surface area contributed by atoms with Crippen LogP contribution in [0.15, 0.2) is 36.9 Å². The molecule has 1 fully saturated rings. The Hall–Kier alpha value is -2.37. The number of urea groups is 1. The van der Waals surface area contributed by atoms with E-state index in [2.05, 4.69) is 22.3 Å². The number of nitrogens with zero attached hydrogens (tertiary/aromatic N) is 4. The predicted octanol–water partition coefficient (Wildman–Crippen LogP) is 3.55. The van der Waals surface area contributed by atoms with Crippen molar-refractivity contribution >= 4 is 6.03 Å². The van der Waals surface area contributed by atoms with Crippen molar-refractivity contribution in [1.82, 2.24) is 25.0 Å². The summed E-state index contributed by atoms with van der Waals surface area (Å²) < 4.78 is 1.72. The average molecular weight is 341 g/mol. The molecule has 2 aromatic rings. The van der Waals surface area contributed by atoms with Gasteiger partial charge in [-0.25, -0.2) is 14.5 Å². The van der Waals surface area contributed by atoms with Crippen LogP contribution in [0.25, 0.3) is 5.69 Å². The molecule has 1 heterocycles. The Bertz CT molecular complexity index is 674. The molecule has 1 aromatic carbocycles. The molecule has 1 aliphatic carbocycles. The van der Waals surface area contributed by atoms with Crippen LogP contribution in [0.5, 0.6) is 0 Å². The first kappa shape index (κ1) is 17.5. The van der Waals surface area contributed by atoms with E-state index in [1.165, 1.54) is 19.2 Å². The second kappa shape index (κ2) is 7.68. The van der Waals surface area contributed by atoms with Crippen molar-refractivity contribution in [2.75, 3.05) is 7.05 Å². The molecule has 1 aromatic heterocycles. The molecule has 1 unspecified atom stereocenters. The van der Waals surface area contributed by atoms with Gasteiger partial charge in [0.15, 0.2) is 0 Å². The lowest BCUT2D eigenvalue weighted by Crippen LogP contribution is -2.45. The van der Waals surface area contributed by atoms with E-state index in [1.54, 1.807) is 15.9 Å². The Balaban J connectivity index is 1.59. The number of amides is 2. The van der Waals surface area contributed by atoms with Crippen LogP contribution in [0, 0.1) is 5.92 Å². The molecule has 0 saturated heterocycles. The number of rotatable bonds is 4. The summed E-state index contributed by atoms with van der Waals surface area (Å²) in [5, 5.41) is 7.31. The average Bonchev–Trinajstić information content (AvgIpc) is 3.17. The third-order valence-corrected chi connectivity index (χ3v) is 5.30. The Labute approximate surface area is 149 Å². The molecule has 0 spiro atoms. The number of carbonyl (C=O) groups excluding carboxylic acids is 1. The van der Waals surface area contributed by atoms with Gasteiger partial charge in [0.05, 0.1) is 11.7 Å². The lowest BCUT2D eigenvalue weighted by molar-refractivity contribution is 0.184. The maximum absolute atomic E-state index is 12.6. The molecule has 0 aliphatic heterocycles. The smallest absolute Gasteiger partial charge is 0.317 e. The summed E-state index contributed by atoms with van der Waals surface area (Å²) in [6, 6.07) is 8.39. The highest BCUT2D eigenvalue weighted by Crippen LogP contribution is 2.24. The maximum atomic E-state index is 12.6. The normalized spacial score (nSPS) is 21.6. The first-order valence-corrected chi connectivity index (χ1v) is 9.03. The summed E-state index contributed by atoms with van der Waals surface area (Å²) in [5.41, 5.74) is 2.05. The Morgan fingerprint density at radius 2 is 1.92 bits per heavy atom. The Morgan fingerprint density at radius 3 is 2.52 bits per heavy atom. The molecule has 6 nitrogen and oxygen atoms in total. The van der Waals surface area contributed by atoms with E-state index in [4.69, 9.17) is 0 Å². The van der Waals surface area contributed by atoms with Gasteiger partial charge < -0.3 is 10.2 Å². The number of aromatic nitrogens is 3. The highest BCUT2D eigenvalue weighted by Gasteiger charge is 2.23. The van der Waals surface area contributed by atoms with Crippen molar-refractivity contribution in [3.05, 3.63) is 42.5 Å². The summed E-state index contributed by atoms with van der Waals surface area (Å²) in [6.07, 6.45) is 7.76. The fraction of sp³-hybridized carbons (Fsp3) is 0.526. The monoisotopic (exact) mass is 341 g/mol. The zero-order valence-electron chi connectivity index (χ0n) is 15.2. The Morgan fingerprint density at radius 1 is 1.24 bits per heavy atom. The highest BCUT2D eigenvalue weighted by atomic mass is 16.2. The second-order valence-electron chi connectivity index (χ2n) is 7.12. The van der Waals surface area contributed by atoms with Crippen molar-refractivity contribution in [3.63, 3.8) is 0 Å². The van der Waals surface area contributed by atoms with Crippen molar-refractivity contribution < 1.29 is 4.79 Å². The van der Waals surface area contributed by atoms with E-state index in [0.717, 1.165) is 30.0 Å². The molecule has 0 bridgehead atoms. The largest absolute Gasteiger partial charge is 0.335 e. The second-order valence-corrected chi connectivity index (χ2v) is 7.12.